The average Bonchev–Trinajstić information content (AvgIpc) is 2.92. The van der Waals surface area contributed by atoms with Crippen molar-refractivity contribution in [3.05, 3.63) is 54.9 Å². The van der Waals surface area contributed by atoms with Crippen LogP contribution < -0.4 is 10.6 Å². The van der Waals surface area contributed by atoms with Crippen LogP contribution in [0.1, 0.15) is 44.9 Å². The van der Waals surface area contributed by atoms with Crippen LogP contribution >= 0.6 is 12.2 Å². The normalized spacial score (nSPS) is 14.5. The first-order valence-corrected chi connectivity index (χ1v) is 15.2. The molecule has 0 atom stereocenters. The number of aromatic nitrogens is 1. The first kappa shape index (κ1) is 29.4. The van der Waals surface area contributed by atoms with Crippen LogP contribution in [-0.4, -0.2) is 80.2 Å². The maximum atomic E-state index is 13.3. The number of hydrogen-bond acceptors (Lipinski definition) is 6. The zero-order chi connectivity index (χ0) is 26.2. The van der Waals surface area contributed by atoms with Crippen LogP contribution in [0.25, 0.3) is 0 Å². The van der Waals surface area contributed by atoms with Crippen molar-refractivity contribution in [2.24, 2.45) is 0 Å². The minimum Gasteiger partial charge on any atom is -0.379 e. The van der Waals surface area contributed by atoms with E-state index < -0.39 is 10.0 Å². The molecule has 1 saturated heterocycles. The lowest BCUT2D eigenvalue weighted by atomic mass is 10.1. The molecule has 0 radical (unpaired) electrons. The van der Waals surface area contributed by atoms with Crippen LogP contribution in [0.2, 0.25) is 0 Å². The highest BCUT2D eigenvalue weighted by atomic mass is 32.2. The van der Waals surface area contributed by atoms with Crippen molar-refractivity contribution in [3.63, 3.8) is 0 Å². The molecule has 1 aromatic heterocycles. The number of ether oxygens (including phenoxy) is 1. The van der Waals surface area contributed by atoms with E-state index in [0.717, 1.165) is 90.0 Å². The number of pyridine rings is 1. The second-order valence-corrected chi connectivity index (χ2v) is 11.6. The molecule has 1 aliphatic heterocycles. The molecular weight excluding hydrogens is 506 g/mol. The Morgan fingerprint density at radius 2 is 1.57 bits per heavy atom. The minimum absolute atomic E-state index is 0.380. The van der Waals surface area contributed by atoms with Gasteiger partial charge < -0.3 is 15.4 Å². The second kappa shape index (κ2) is 16.7. The van der Waals surface area contributed by atoms with Crippen molar-refractivity contribution in [2.75, 3.05) is 57.8 Å². The minimum atomic E-state index is -3.48. The van der Waals surface area contributed by atoms with Gasteiger partial charge >= 0.3 is 0 Å². The Morgan fingerprint density at radius 1 is 0.919 bits per heavy atom. The fraction of sp³-hybridized carbons (Fsp3) is 0.556. The fourth-order valence-corrected chi connectivity index (χ4v) is 6.08. The zero-order valence-corrected chi connectivity index (χ0v) is 23.3. The molecule has 37 heavy (non-hydrogen) atoms. The number of morpholine rings is 1. The molecule has 2 aromatic rings. The Labute approximate surface area is 227 Å². The van der Waals surface area contributed by atoms with Gasteiger partial charge in [-0.1, -0.05) is 43.9 Å². The molecule has 8 nitrogen and oxygen atoms in total. The lowest BCUT2D eigenvalue weighted by molar-refractivity contribution is 0.0369. The maximum Gasteiger partial charge on any atom is 0.243 e. The highest BCUT2D eigenvalue weighted by molar-refractivity contribution is 7.89. The summed E-state index contributed by atoms with van der Waals surface area (Å²) in [4.78, 5) is 6.73. The summed E-state index contributed by atoms with van der Waals surface area (Å²) in [5, 5.41) is 7.01. The lowest BCUT2D eigenvalue weighted by Crippen LogP contribution is -2.39. The summed E-state index contributed by atoms with van der Waals surface area (Å²) in [6.07, 6.45) is 10.6. The zero-order valence-electron chi connectivity index (χ0n) is 21.7. The van der Waals surface area contributed by atoms with Gasteiger partial charge in [0.2, 0.25) is 10.0 Å². The third-order valence-electron chi connectivity index (χ3n) is 6.42. The molecule has 0 aliphatic carbocycles. The number of benzene rings is 1. The molecule has 0 spiro atoms. The number of nitrogens with one attached hydrogen (secondary N) is 2. The maximum absolute atomic E-state index is 13.3. The smallest absolute Gasteiger partial charge is 0.243 e. The Morgan fingerprint density at radius 3 is 2.30 bits per heavy atom. The van der Waals surface area contributed by atoms with Gasteiger partial charge in [-0.3, -0.25) is 9.88 Å². The van der Waals surface area contributed by atoms with Crippen LogP contribution in [-0.2, 0) is 14.8 Å². The fourth-order valence-electron chi connectivity index (χ4n) is 4.32. The number of nitrogens with zero attached hydrogens (tertiary/aromatic N) is 3. The van der Waals surface area contributed by atoms with Crippen LogP contribution in [0.3, 0.4) is 0 Å². The Hall–Kier alpha value is -2.11. The highest BCUT2D eigenvalue weighted by Gasteiger charge is 2.24. The molecule has 0 bridgehead atoms. The van der Waals surface area contributed by atoms with E-state index in [1.54, 1.807) is 41.0 Å². The van der Waals surface area contributed by atoms with Gasteiger partial charge in [0.25, 0.3) is 0 Å². The van der Waals surface area contributed by atoms with Crippen molar-refractivity contribution in [1.29, 1.82) is 0 Å². The van der Waals surface area contributed by atoms with E-state index in [4.69, 9.17) is 17.0 Å². The van der Waals surface area contributed by atoms with Crippen molar-refractivity contribution in [1.82, 2.24) is 19.5 Å². The first-order valence-electron chi connectivity index (χ1n) is 13.4. The van der Waals surface area contributed by atoms with E-state index in [2.05, 4.69) is 20.5 Å². The van der Waals surface area contributed by atoms with E-state index in [1.165, 1.54) is 0 Å². The van der Waals surface area contributed by atoms with Gasteiger partial charge in [0.1, 0.15) is 0 Å². The molecule has 3 rings (SSSR count). The average molecular weight is 548 g/mol. The van der Waals surface area contributed by atoms with Gasteiger partial charge in [-0.15, -0.1) is 0 Å². The van der Waals surface area contributed by atoms with Crippen molar-refractivity contribution >= 4 is 33.0 Å². The van der Waals surface area contributed by atoms with Crippen LogP contribution in [0.15, 0.2) is 59.8 Å². The number of unbranched alkanes of at least 4 members (excludes halogenated alkanes) is 5. The second-order valence-electron chi connectivity index (χ2n) is 9.26. The summed E-state index contributed by atoms with van der Waals surface area (Å²) < 4.78 is 33.7. The third-order valence-corrected chi connectivity index (χ3v) is 8.58. The number of sulfonamides is 1. The number of rotatable bonds is 16. The number of thiocarbonyl (C=S) groups is 1. The lowest BCUT2D eigenvalue weighted by Gasteiger charge is -2.28. The van der Waals surface area contributed by atoms with Gasteiger partial charge in [0, 0.05) is 50.8 Å². The molecule has 0 unspecified atom stereocenters. The predicted octanol–water partition coefficient (Wildman–Crippen LogP) is 4.12. The SMILES string of the molecule is O=S(=O)(c1ccccc1)N(CCCCCCCCNC(=S)Nc1ccncc1)CCCN1CCOCC1. The van der Waals surface area contributed by atoms with E-state index in [1.807, 2.05) is 18.2 Å². The number of hydrogen-bond donors (Lipinski definition) is 2. The third kappa shape index (κ3) is 11.0. The summed E-state index contributed by atoms with van der Waals surface area (Å²) >= 11 is 5.32. The van der Waals surface area contributed by atoms with Crippen molar-refractivity contribution in [3.8, 4) is 0 Å². The van der Waals surface area contributed by atoms with Gasteiger partial charge in [-0.25, -0.2) is 8.42 Å². The van der Waals surface area contributed by atoms with Gasteiger partial charge in [-0.2, -0.15) is 4.31 Å². The summed E-state index contributed by atoms with van der Waals surface area (Å²) in [7, 11) is -3.48. The van der Waals surface area contributed by atoms with E-state index in [9.17, 15) is 8.42 Å². The van der Waals surface area contributed by atoms with Gasteiger partial charge in [0.15, 0.2) is 5.11 Å². The van der Waals surface area contributed by atoms with Crippen LogP contribution in [0.4, 0.5) is 5.69 Å². The van der Waals surface area contributed by atoms with E-state index >= 15 is 0 Å². The molecular formula is C27H41N5O3S2. The molecule has 2 heterocycles. The Balaban J connectivity index is 1.32. The monoisotopic (exact) mass is 547 g/mol. The largest absolute Gasteiger partial charge is 0.379 e. The molecule has 1 aromatic carbocycles. The molecule has 10 heteroatoms. The Kier molecular flexibility index (Phi) is 13.3. The first-order chi connectivity index (χ1) is 18.1. The summed E-state index contributed by atoms with van der Waals surface area (Å²) in [6, 6.07) is 12.6. The van der Waals surface area contributed by atoms with E-state index in [-0.39, 0.29) is 0 Å². The number of anilines is 1. The molecule has 0 saturated carbocycles. The molecule has 1 fully saturated rings. The van der Waals surface area contributed by atoms with E-state index in [0.29, 0.717) is 23.1 Å². The van der Waals surface area contributed by atoms with Crippen LogP contribution in [0.5, 0.6) is 0 Å². The molecule has 204 valence electrons. The topological polar surface area (TPSA) is 86.8 Å². The van der Waals surface area contributed by atoms with Gasteiger partial charge in [-0.05, 0) is 62.3 Å². The Bertz CT molecular complexity index is 1000. The molecule has 1 aliphatic rings. The van der Waals surface area contributed by atoms with Crippen molar-refractivity contribution < 1.29 is 13.2 Å². The quantitative estimate of drug-likeness (QED) is 0.240. The van der Waals surface area contributed by atoms with Crippen LogP contribution in [0, 0.1) is 0 Å². The molecule has 0 amide bonds. The summed E-state index contributed by atoms with van der Waals surface area (Å²) in [5.74, 6) is 0. The molecule has 2 N–H and O–H groups in total. The highest BCUT2D eigenvalue weighted by Crippen LogP contribution is 2.17. The summed E-state index contributed by atoms with van der Waals surface area (Å²) in [5.41, 5.74) is 0.928. The predicted molar refractivity (Wildman–Crippen MR) is 153 cm³/mol. The standard InChI is InChI=1S/C27H41N5O3S2/c33-37(34,26-11-6-5-7-12-26)32(20-10-18-31-21-23-35-24-22-31)19-9-4-2-1-3-8-15-29-27(36)30-25-13-16-28-17-14-25/h5-7,11-14,16-17H,1-4,8-10,15,18-24H2,(H2,28,29,30,36). The van der Waals surface area contributed by atoms with Crippen molar-refractivity contribution in [2.45, 2.75) is 49.8 Å². The summed E-state index contributed by atoms with van der Waals surface area (Å²) in [6.45, 7) is 6.23. The van der Waals surface area contributed by atoms with Gasteiger partial charge in [0.05, 0.1) is 18.1 Å².